The molecule has 4 nitrogen and oxygen atoms in total. The van der Waals surface area contributed by atoms with Gasteiger partial charge in [0.25, 0.3) is 0 Å². The maximum absolute atomic E-state index is 13.2. The van der Waals surface area contributed by atoms with Crippen LogP contribution in [0.15, 0.2) is 47.4 Å². The number of rotatable bonds is 2. The molecule has 0 radical (unpaired) electrons. The molecule has 1 atom stereocenters. The van der Waals surface area contributed by atoms with Crippen LogP contribution in [0.3, 0.4) is 0 Å². The largest absolute Gasteiger partial charge is 0.324 e. The van der Waals surface area contributed by atoms with Crippen molar-refractivity contribution in [2.45, 2.75) is 23.5 Å². The summed E-state index contributed by atoms with van der Waals surface area (Å²) in [4.78, 5) is 25.9. The Morgan fingerprint density at radius 1 is 1.26 bits per heavy atom. The van der Waals surface area contributed by atoms with Gasteiger partial charge in [-0.1, -0.05) is 23.9 Å². The number of halogens is 1. The zero-order chi connectivity index (χ0) is 16.6. The first-order valence-electron chi connectivity index (χ1n) is 7.07. The maximum atomic E-state index is 13.2. The first kappa shape index (κ1) is 15.6. The Hall–Kier alpha value is -2.34. The van der Waals surface area contributed by atoms with Crippen LogP contribution in [-0.4, -0.2) is 16.6 Å². The van der Waals surface area contributed by atoms with Crippen molar-refractivity contribution in [3.8, 4) is 0 Å². The highest BCUT2D eigenvalue weighted by molar-refractivity contribution is 8.02. The first-order chi connectivity index (χ1) is 10.9. The van der Waals surface area contributed by atoms with Crippen molar-refractivity contribution in [2.24, 2.45) is 0 Å². The number of nitrogens with one attached hydrogen (secondary N) is 2. The molecule has 2 aromatic carbocycles. The number of benzene rings is 2. The van der Waals surface area contributed by atoms with E-state index >= 15 is 0 Å². The topological polar surface area (TPSA) is 58.2 Å². The summed E-state index contributed by atoms with van der Waals surface area (Å²) in [5.41, 5.74) is 1.79. The van der Waals surface area contributed by atoms with Gasteiger partial charge in [0, 0.05) is 10.6 Å². The molecule has 2 N–H and O–H groups in total. The lowest BCUT2D eigenvalue weighted by Gasteiger charge is -2.32. The van der Waals surface area contributed by atoms with E-state index < -0.39 is 10.7 Å². The van der Waals surface area contributed by atoms with Gasteiger partial charge in [-0.05, 0) is 49.7 Å². The Morgan fingerprint density at radius 3 is 2.74 bits per heavy atom. The number of thioether (sulfide) groups is 1. The first-order valence-corrected chi connectivity index (χ1v) is 7.89. The molecular formula is C17H15FN2O2S. The van der Waals surface area contributed by atoms with Gasteiger partial charge in [-0.25, -0.2) is 4.39 Å². The molecule has 1 aliphatic heterocycles. The molecule has 23 heavy (non-hydrogen) atoms. The lowest BCUT2D eigenvalue weighted by atomic mass is 10.1. The number of carbonyl (C=O) groups is 2. The SMILES string of the molecule is Cc1cc(F)ccc1NC(=O)C1(C)Sc2ccccc2NC1=O. The zero-order valence-corrected chi connectivity index (χ0v) is 13.5. The maximum Gasteiger partial charge on any atom is 0.250 e. The minimum atomic E-state index is -1.30. The smallest absolute Gasteiger partial charge is 0.250 e. The summed E-state index contributed by atoms with van der Waals surface area (Å²) in [5.74, 6) is -1.19. The van der Waals surface area contributed by atoms with Crippen LogP contribution in [-0.2, 0) is 9.59 Å². The number of para-hydroxylation sites is 1. The minimum Gasteiger partial charge on any atom is -0.324 e. The molecule has 1 unspecified atom stereocenters. The predicted molar refractivity (Wildman–Crippen MR) is 89.1 cm³/mol. The van der Waals surface area contributed by atoms with Crippen LogP contribution >= 0.6 is 11.8 Å². The van der Waals surface area contributed by atoms with Crippen molar-refractivity contribution < 1.29 is 14.0 Å². The van der Waals surface area contributed by atoms with Crippen molar-refractivity contribution in [2.75, 3.05) is 10.6 Å². The van der Waals surface area contributed by atoms with E-state index in [-0.39, 0.29) is 11.7 Å². The molecule has 0 bridgehead atoms. The van der Waals surface area contributed by atoms with Crippen LogP contribution in [0.1, 0.15) is 12.5 Å². The molecule has 0 saturated heterocycles. The highest BCUT2D eigenvalue weighted by Gasteiger charge is 2.45. The van der Waals surface area contributed by atoms with Crippen LogP contribution < -0.4 is 10.6 Å². The van der Waals surface area contributed by atoms with Crippen LogP contribution in [0, 0.1) is 12.7 Å². The van der Waals surface area contributed by atoms with E-state index in [1.165, 1.54) is 30.0 Å². The molecule has 1 aliphatic rings. The van der Waals surface area contributed by atoms with Gasteiger partial charge in [-0.3, -0.25) is 9.59 Å². The van der Waals surface area contributed by atoms with Crippen molar-refractivity contribution >= 4 is 35.0 Å². The molecule has 118 valence electrons. The average Bonchev–Trinajstić information content (AvgIpc) is 2.51. The number of fused-ring (bicyclic) bond motifs is 1. The van der Waals surface area contributed by atoms with E-state index in [4.69, 9.17) is 0 Å². The van der Waals surface area contributed by atoms with Crippen LogP contribution in [0.25, 0.3) is 0 Å². The average molecular weight is 330 g/mol. The third-order valence-electron chi connectivity index (χ3n) is 3.75. The Kier molecular flexibility index (Phi) is 3.85. The van der Waals surface area contributed by atoms with E-state index in [0.717, 1.165) is 4.90 Å². The zero-order valence-electron chi connectivity index (χ0n) is 12.6. The van der Waals surface area contributed by atoms with Gasteiger partial charge in [0.1, 0.15) is 5.82 Å². The Labute approximate surface area is 137 Å². The van der Waals surface area contributed by atoms with Crippen molar-refractivity contribution in [1.82, 2.24) is 0 Å². The summed E-state index contributed by atoms with van der Waals surface area (Å²) >= 11 is 1.21. The summed E-state index contributed by atoms with van der Waals surface area (Å²) in [6, 6.07) is 11.4. The summed E-state index contributed by atoms with van der Waals surface area (Å²) < 4.78 is 11.9. The molecule has 0 aromatic heterocycles. The van der Waals surface area contributed by atoms with E-state index in [9.17, 15) is 14.0 Å². The molecule has 2 aromatic rings. The predicted octanol–water partition coefficient (Wildman–Crippen LogP) is 3.58. The number of anilines is 2. The third-order valence-corrected chi connectivity index (χ3v) is 5.11. The quantitative estimate of drug-likeness (QED) is 0.828. The fourth-order valence-corrected chi connectivity index (χ4v) is 3.43. The van der Waals surface area contributed by atoms with Gasteiger partial charge in [-0.2, -0.15) is 0 Å². The van der Waals surface area contributed by atoms with E-state index in [1.54, 1.807) is 19.9 Å². The van der Waals surface area contributed by atoms with Crippen LogP contribution in [0.5, 0.6) is 0 Å². The molecule has 2 amide bonds. The van der Waals surface area contributed by atoms with Gasteiger partial charge < -0.3 is 10.6 Å². The highest BCUT2D eigenvalue weighted by Crippen LogP contribution is 2.42. The fraction of sp³-hybridized carbons (Fsp3) is 0.176. The lowest BCUT2D eigenvalue weighted by molar-refractivity contribution is -0.126. The molecule has 0 fully saturated rings. The van der Waals surface area contributed by atoms with Gasteiger partial charge in [0.05, 0.1) is 5.69 Å². The van der Waals surface area contributed by atoms with E-state index in [1.807, 2.05) is 18.2 Å². The number of hydrogen-bond acceptors (Lipinski definition) is 3. The summed E-state index contributed by atoms with van der Waals surface area (Å²) in [6.07, 6.45) is 0. The molecule has 0 spiro atoms. The monoisotopic (exact) mass is 330 g/mol. The van der Waals surface area contributed by atoms with E-state index in [2.05, 4.69) is 10.6 Å². The van der Waals surface area contributed by atoms with Gasteiger partial charge in [0.2, 0.25) is 11.8 Å². The number of aryl methyl sites for hydroxylation is 1. The van der Waals surface area contributed by atoms with Crippen molar-refractivity contribution in [1.29, 1.82) is 0 Å². The second-order valence-electron chi connectivity index (χ2n) is 5.50. The Bertz CT molecular complexity index is 809. The summed E-state index contributed by atoms with van der Waals surface area (Å²) in [5, 5.41) is 5.48. The fourth-order valence-electron chi connectivity index (χ4n) is 2.33. The summed E-state index contributed by atoms with van der Waals surface area (Å²) in [6.45, 7) is 3.28. The molecule has 6 heteroatoms. The summed E-state index contributed by atoms with van der Waals surface area (Å²) in [7, 11) is 0. The lowest BCUT2D eigenvalue weighted by Crippen LogP contribution is -2.49. The number of amides is 2. The molecule has 0 aliphatic carbocycles. The number of carbonyl (C=O) groups excluding carboxylic acids is 2. The molecular weight excluding hydrogens is 315 g/mol. The van der Waals surface area contributed by atoms with E-state index in [0.29, 0.717) is 16.9 Å². The number of hydrogen-bond donors (Lipinski definition) is 2. The van der Waals surface area contributed by atoms with Crippen molar-refractivity contribution in [3.63, 3.8) is 0 Å². The highest BCUT2D eigenvalue weighted by atomic mass is 32.2. The molecule has 0 saturated carbocycles. The molecule has 3 rings (SSSR count). The van der Waals surface area contributed by atoms with Crippen LogP contribution in [0.4, 0.5) is 15.8 Å². The van der Waals surface area contributed by atoms with Gasteiger partial charge in [0.15, 0.2) is 4.75 Å². The van der Waals surface area contributed by atoms with Crippen LogP contribution in [0.2, 0.25) is 0 Å². The second-order valence-corrected chi connectivity index (χ2v) is 6.96. The normalized spacial score (nSPS) is 19.7. The molecule has 1 heterocycles. The van der Waals surface area contributed by atoms with Gasteiger partial charge in [-0.15, -0.1) is 0 Å². The van der Waals surface area contributed by atoms with Gasteiger partial charge >= 0.3 is 0 Å². The second kappa shape index (κ2) is 5.70. The van der Waals surface area contributed by atoms with Crippen molar-refractivity contribution in [3.05, 3.63) is 53.8 Å². The standard InChI is InChI=1S/C17H15FN2O2S/c1-10-9-11(18)7-8-12(10)19-15(21)17(2)16(22)20-13-5-3-4-6-14(13)23-17/h3-9H,1-2H3,(H,19,21)(H,20,22). The Balaban J connectivity index is 1.88. The Morgan fingerprint density at radius 2 is 2.00 bits per heavy atom. The minimum absolute atomic E-state index is 0.370. The third kappa shape index (κ3) is 2.82.